The number of hydrogen-bond acceptors (Lipinski definition) is 5. The van der Waals surface area contributed by atoms with Crippen molar-refractivity contribution in [1.82, 2.24) is 4.90 Å². The van der Waals surface area contributed by atoms with Crippen LogP contribution in [0.25, 0.3) is 0 Å². The molecule has 1 aliphatic heterocycles. The minimum atomic E-state index is -0.813. The lowest BCUT2D eigenvalue weighted by atomic mass is 9.81. The first kappa shape index (κ1) is 21.3. The summed E-state index contributed by atoms with van der Waals surface area (Å²) in [6.07, 6.45) is 1.05. The zero-order valence-electron chi connectivity index (χ0n) is 14.6. The molecule has 1 saturated carbocycles. The van der Waals surface area contributed by atoms with Crippen molar-refractivity contribution in [1.29, 1.82) is 0 Å². The molecule has 150 valence electrons. The smallest absolute Gasteiger partial charge is 0.326 e. The standard InChI is InChI=1S/C18H17Br2ClN2O5/c19-13-5-11-12(6-14(13)20)18(27)23(17(11)26)7-16(25)28-8-15(24)22-10-3-1-2-9(21)4-10/h1-4,11-14H,5-8H2,(H,22,24)/t11-,12-,13+,14+/m1/s1. The van der Waals surface area contributed by atoms with Gasteiger partial charge in [0, 0.05) is 20.4 Å². The van der Waals surface area contributed by atoms with Crippen molar-refractivity contribution in [2.45, 2.75) is 22.5 Å². The van der Waals surface area contributed by atoms with E-state index in [9.17, 15) is 19.2 Å². The Morgan fingerprint density at radius 1 is 1.14 bits per heavy atom. The Hall–Kier alpha value is -1.45. The summed E-state index contributed by atoms with van der Waals surface area (Å²) >= 11 is 12.9. The number of esters is 1. The molecule has 3 rings (SSSR count). The number of ether oxygens (including phenoxy) is 1. The predicted octanol–water partition coefficient (Wildman–Crippen LogP) is 2.74. The third-order valence-corrected chi connectivity index (χ3v) is 7.73. The van der Waals surface area contributed by atoms with E-state index in [1.54, 1.807) is 24.3 Å². The molecule has 0 radical (unpaired) electrons. The Labute approximate surface area is 183 Å². The van der Waals surface area contributed by atoms with Crippen LogP contribution in [0.2, 0.25) is 5.02 Å². The highest BCUT2D eigenvalue weighted by Gasteiger charge is 2.52. The van der Waals surface area contributed by atoms with Crippen LogP contribution in [0.1, 0.15) is 12.8 Å². The van der Waals surface area contributed by atoms with Gasteiger partial charge in [-0.25, -0.2) is 0 Å². The van der Waals surface area contributed by atoms with Crippen molar-refractivity contribution in [3.63, 3.8) is 0 Å². The topological polar surface area (TPSA) is 92.8 Å². The van der Waals surface area contributed by atoms with Crippen molar-refractivity contribution in [2.24, 2.45) is 11.8 Å². The number of nitrogens with one attached hydrogen (secondary N) is 1. The number of hydrogen-bond donors (Lipinski definition) is 1. The fourth-order valence-corrected chi connectivity index (χ4v) is 4.83. The van der Waals surface area contributed by atoms with Crippen molar-refractivity contribution < 1.29 is 23.9 Å². The van der Waals surface area contributed by atoms with Gasteiger partial charge in [-0.2, -0.15) is 0 Å². The second-order valence-electron chi connectivity index (χ2n) is 6.70. The molecule has 4 atom stereocenters. The number of alkyl halides is 2. The number of rotatable bonds is 5. The molecule has 1 heterocycles. The number of nitrogens with zero attached hydrogens (tertiary/aromatic N) is 1. The molecule has 0 aromatic heterocycles. The molecule has 1 aromatic carbocycles. The molecular weight excluding hydrogens is 519 g/mol. The molecule has 3 amide bonds. The van der Waals surface area contributed by atoms with E-state index in [1.807, 2.05) is 0 Å². The first-order chi connectivity index (χ1) is 13.3. The van der Waals surface area contributed by atoms with Crippen LogP contribution >= 0.6 is 43.5 Å². The number of carbonyl (C=O) groups is 4. The molecule has 0 bridgehead atoms. The number of amides is 3. The van der Waals surface area contributed by atoms with Crippen LogP contribution in [0, 0.1) is 11.8 Å². The molecule has 2 aliphatic rings. The minimum absolute atomic E-state index is 0.0904. The largest absolute Gasteiger partial charge is 0.454 e. The molecule has 1 aromatic rings. The van der Waals surface area contributed by atoms with E-state index >= 15 is 0 Å². The number of carbonyl (C=O) groups excluding carboxylic acids is 4. The van der Waals surface area contributed by atoms with Gasteiger partial charge in [0.1, 0.15) is 6.54 Å². The fourth-order valence-electron chi connectivity index (χ4n) is 3.40. The van der Waals surface area contributed by atoms with E-state index in [0.29, 0.717) is 23.6 Å². The van der Waals surface area contributed by atoms with Crippen molar-refractivity contribution in [3.05, 3.63) is 29.3 Å². The van der Waals surface area contributed by atoms with Crippen LogP contribution < -0.4 is 5.32 Å². The van der Waals surface area contributed by atoms with Gasteiger partial charge in [-0.05, 0) is 31.0 Å². The van der Waals surface area contributed by atoms with Gasteiger partial charge >= 0.3 is 5.97 Å². The highest BCUT2D eigenvalue weighted by Crippen LogP contribution is 2.43. The lowest BCUT2D eigenvalue weighted by molar-refractivity contribution is -0.154. The average Bonchev–Trinajstić information content (AvgIpc) is 2.85. The Morgan fingerprint density at radius 3 is 2.32 bits per heavy atom. The minimum Gasteiger partial charge on any atom is -0.454 e. The van der Waals surface area contributed by atoms with Crippen LogP contribution in [-0.4, -0.2) is 51.4 Å². The molecule has 7 nitrogen and oxygen atoms in total. The third-order valence-electron chi connectivity index (χ3n) is 4.76. The number of benzene rings is 1. The summed E-state index contributed by atoms with van der Waals surface area (Å²) in [5, 5.41) is 3.00. The molecule has 28 heavy (non-hydrogen) atoms. The molecule has 0 spiro atoms. The Balaban J connectivity index is 1.51. The van der Waals surface area contributed by atoms with E-state index in [1.165, 1.54) is 0 Å². The first-order valence-electron chi connectivity index (χ1n) is 8.60. The van der Waals surface area contributed by atoms with Gasteiger partial charge < -0.3 is 10.1 Å². The molecule has 10 heteroatoms. The van der Waals surface area contributed by atoms with E-state index < -0.39 is 36.9 Å². The zero-order chi connectivity index (χ0) is 20.4. The van der Waals surface area contributed by atoms with Gasteiger partial charge in [0.05, 0.1) is 11.8 Å². The van der Waals surface area contributed by atoms with Crippen molar-refractivity contribution in [2.75, 3.05) is 18.5 Å². The van der Waals surface area contributed by atoms with Crippen molar-refractivity contribution in [3.8, 4) is 0 Å². The monoisotopic (exact) mass is 534 g/mol. The maximum Gasteiger partial charge on any atom is 0.326 e. The maximum atomic E-state index is 12.5. The van der Waals surface area contributed by atoms with Crippen molar-refractivity contribution >= 4 is 72.8 Å². The summed E-state index contributed by atoms with van der Waals surface area (Å²) < 4.78 is 4.91. The molecule has 1 saturated heterocycles. The highest BCUT2D eigenvalue weighted by molar-refractivity contribution is 9.12. The van der Waals surface area contributed by atoms with Crippen LogP contribution in [0.3, 0.4) is 0 Å². The van der Waals surface area contributed by atoms with Crippen LogP contribution in [-0.2, 0) is 23.9 Å². The molecule has 1 N–H and O–H groups in total. The lowest BCUT2D eigenvalue weighted by Gasteiger charge is -2.29. The normalized spacial score (nSPS) is 26.8. The van der Waals surface area contributed by atoms with Crippen LogP contribution in [0.5, 0.6) is 0 Å². The lowest BCUT2D eigenvalue weighted by Crippen LogP contribution is -2.37. The number of imide groups is 1. The van der Waals surface area contributed by atoms with Gasteiger partial charge in [-0.15, -0.1) is 0 Å². The zero-order valence-corrected chi connectivity index (χ0v) is 18.5. The Bertz CT molecular complexity index is 793. The van der Waals surface area contributed by atoms with E-state index in [-0.39, 0.29) is 21.5 Å². The van der Waals surface area contributed by atoms with Crippen LogP contribution in [0.15, 0.2) is 24.3 Å². The second kappa shape index (κ2) is 8.92. The summed E-state index contributed by atoms with van der Waals surface area (Å²) in [5.41, 5.74) is 0.469. The molecule has 1 aliphatic carbocycles. The van der Waals surface area contributed by atoms with E-state index in [4.69, 9.17) is 16.3 Å². The van der Waals surface area contributed by atoms with Crippen LogP contribution in [0.4, 0.5) is 5.69 Å². The molecule has 2 fully saturated rings. The summed E-state index contributed by atoms with van der Waals surface area (Å²) in [6, 6.07) is 6.53. The fraction of sp³-hybridized carbons (Fsp3) is 0.444. The Kier molecular flexibility index (Phi) is 6.77. The average molecular weight is 537 g/mol. The number of fused-ring (bicyclic) bond motifs is 1. The summed E-state index contributed by atoms with van der Waals surface area (Å²) in [6.45, 7) is -1.02. The quantitative estimate of drug-likeness (QED) is 0.355. The second-order valence-corrected chi connectivity index (χ2v) is 9.49. The number of halogens is 3. The first-order valence-corrected chi connectivity index (χ1v) is 10.8. The molecular formula is C18H17Br2ClN2O5. The van der Waals surface area contributed by atoms with Gasteiger partial charge in [0.15, 0.2) is 6.61 Å². The maximum absolute atomic E-state index is 12.5. The third kappa shape index (κ3) is 4.75. The highest BCUT2D eigenvalue weighted by atomic mass is 79.9. The summed E-state index contributed by atoms with van der Waals surface area (Å²) in [4.78, 5) is 50.1. The Morgan fingerprint density at radius 2 is 1.75 bits per heavy atom. The van der Waals surface area contributed by atoms with E-state index in [0.717, 1.165) is 4.90 Å². The molecule has 0 unspecified atom stereocenters. The van der Waals surface area contributed by atoms with Gasteiger partial charge in [0.2, 0.25) is 11.8 Å². The van der Waals surface area contributed by atoms with Gasteiger partial charge in [0.25, 0.3) is 5.91 Å². The SMILES string of the molecule is O=C(COC(=O)CN1C(=O)[C@@H]2C[C@H](Br)[C@@H](Br)C[C@H]2C1=O)Nc1cccc(Cl)c1. The predicted molar refractivity (Wildman–Crippen MR) is 109 cm³/mol. The summed E-state index contributed by atoms with van der Waals surface area (Å²) in [7, 11) is 0. The van der Waals surface area contributed by atoms with E-state index in [2.05, 4.69) is 37.2 Å². The number of likely N-dealkylation sites (tertiary alicyclic amines) is 1. The van der Waals surface area contributed by atoms with Gasteiger partial charge in [-0.1, -0.05) is 49.5 Å². The van der Waals surface area contributed by atoms with Gasteiger partial charge in [-0.3, -0.25) is 24.1 Å². The summed E-state index contributed by atoms with van der Waals surface area (Å²) in [5.74, 6) is -2.94. The number of anilines is 1.